The van der Waals surface area contributed by atoms with E-state index in [0.29, 0.717) is 25.9 Å². The van der Waals surface area contributed by atoms with Gasteiger partial charge in [0.25, 0.3) is 0 Å². The summed E-state index contributed by atoms with van der Waals surface area (Å²) in [5.74, 6) is 0.500. The number of nitrogens with one attached hydrogen (secondary N) is 1. The number of imidazole rings is 1. The number of fused-ring (bicyclic) bond motifs is 1. The van der Waals surface area contributed by atoms with Gasteiger partial charge < -0.3 is 15.0 Å². The molecule has 0 unspecified atom stereocenters. The summed E-state index contributed by atoms with van der Waals surface area (Å²) in [6.07, 6.45) is 5.26. The number of aryl methyl sites for hydroxylation is 1. The van der Waals surface area contributed by atoms with E-state index in [0.717, 1.165) is 42.5 Å². The molecule has 3 rings (SSSR count). The fourth-order valence-corrected chi connectivity index (χ4v) is 4.24. The second kappa shape index (κ2) is 9.22. The lowest BCUT2D eigenvalue weighted by molar-refractivity contribution is -0.140. The number of piperidine rings is 1. The third-order valence-corrected chi connectivity index (χ3v) is 5.82. The van der Waals surface area contributed by atoms with Crippen molar-refractivity contribution in [2.75, 3.05) is 13.1 Å². The maximum atomic E-state index is 12.6. The number of aliphatic carboxylic acids is 1. The Labute approximate surface area is 166 Å². The molecule has 0 bridgehead atoms. The van der Waals surface area contributed by atoms with Gasteiger partial charge in [-0.25, -0.2) is 4.98 Å². The first-order valence-corrected chi connectivity index (χ1v) is 10.4. The molecule has 6 nitrogen and oxygen atoms in total. The Morgan fingerprint density at radius 2 is 2.11 bits per heavy atom. The molecule has 1 amide bonds. The molecule has 0 radical (unpaired) electrons. The molecule has 2 aromatic rings. The molecule has 0 aliphatic carbocycles. The zero-order valence-electron chi connectivity index (χ0n) is 16.9. The normalized spacial score (nSPS) is 19.9. The smallest absolute Gasteiger partial charge is 0.303 e. The zero-order chi connectivity index (χ0) is 20.1. The second-order valence-electron chi connectivity index (χ2n) is 8.11. The Balaban J connectivity index is 1.72. The number of aromatic nitrogens is 2. The summed E-state index contributed by atoms with van der Waals surface area (Å²) >= 11 is 0. The Hall–Kier alpha value is -2.37. The van der Waals surface area contributed by atoms with Gasteiger partial charge in [-0.2, -0.15) is 0 Å². The Morgan fingerprint density at radius 1 is 1.29 bits per heavy atom. The van der Waals surface area contributed by atoms with E-state index in [4.69, 9.17) is 0 Å². The topological polar surface area (TPSA) is 86.3 Å². The SMILES string of the molecule is CCCCCC(=O)N1CC[C@@H](CC(=O)O)[C@@H](Cc2nc3ccc(C)cc3[nH]2)C1. The van der Waals surface area contributed by atoms with E-state index >= 15 is 0 Å². The summed E-state index contributed by atoms with van der Waals surface area (Å²) < 4.78 is 0. The highest BCUT2D eigenvalue weighted by molar-refractivity contribution is 5.77. The van der Waals surface area contributed by atoms with Crippen LogP contribution in [0.2, 0.25) is 0 Å². The van der Waals surface area contributed by atoms with Crippen LogP contribution in [0.4, 0.5) is 0 Å². The molecule has 1 saturated heterocycles. The maximum Gasteiger partial charge on any atom is 0.303 e. The van der Waals surface area contributed by atoms with Crippen molar-refractivity contribution in [2.45, 2.75) is 58.8 Å². The summed E-state index contributed by atoms with van der Waals surface area (Å²) in [5.41, 5.74) is 3.11. The van der Waals surface area contributed by atoms with Gasteiger partial charge in [-0.1, -0.05) is 25.8 Å². The first-order chi connectivity index (χ1) is 13.5. The van der Waals surface area contributed by atoms with Gasteiger partial charge in [0, 0.05) is 32.4 Å². The first-order valence-electron chi connectivity index (χ1n) is 10.4. The summed E-state index contributed by atoms with van der Waals surface area (Å²) in [6.45, 7) is 5.47. The van der Waals surface area contributed by atoms with Gasteiger partial charge in [-0.05, 0) is 49.3 Å². The molecular weight excluding hydrogens is 354 g/mol. The predicted octanol–water partition coefficient (Wildman–Crippen LogP) is 3.93. The van der Waals surface area contributed by atoms with Gasteiger partial charge in [0.1, 0.15) is 5.82 Å². The van der Waals surface area contributed by atoms with Gasteiger partial charge in [-0.3, -0.25) is 9.59 Å². The minimum Gasteiger partial charge on any atom is -0.481 e. The number of likely N-dealkylation sites (tertiary alicyclic amines) is 1. The number of unbranched alkanes of at least 4 members (excludes halogenated alkanes) is 2. The van der Waals surface area contributed by atoms with Gasteiger partial charge in [0.2, 0.25) is 5.91 Å². The molecule has 2 heterocycles. The second-order valence-corrected chi connectivity index (χ2v) is 8.11. The third-order valence-electron chi connectivity index (χ3n) is 5.82. The molecule has 6 heteroatoms. The summed E-state index contributed by atoms with van der Waals surface area (Å²) in [4.78, 5) is 33.9. The third kappa shape index (κ3) is 5.12. The van der Waals surface area contributed by atoms with Crippen LogP contribution in [0.25, 0.3) is 11.0 Å². The van der Waals surface area contributed by atoms with Crippen molar-refractivity contribution >= 4 is 22.9 Å². The maximum absolute atomic E-state index is 12.6. The van der Waals surface area contributed by atoms with Crippen LogP contribution in [0.1, 0.15) is 56.8 Å². The average molecular weight is 386 g/mol. The molecule has 1 aliphatic rings. The largest absolute Gasteiger partial charge is 0.481 e. The van der Waals surface area contributed by atoms with Crippen LogP contribution in [0.5, 0.6) is 0 Å². The zero-order valence-corrected chi connectivity index (χ0v) is 16.9. The van der Waals surface area contributed by atoms with Gasteiger partial charge in [-0.15, -0.1) is 0 Å². The lowest BCUT2D eigenvalue weighted by Gasteiger charge is -2.38. The number of hydrogen-bond donors (Lipinski definition) is 2. The van der Waals surface area contributed by atoms with Crippen LogP contribution in [0.15, 0.2) is 18.2 Å². The van der Waals surface area contributed by atoms with E-state index in [2.05, 4.69) is 23.0 Å². The molecular formula is C22H31N3O3. The lowest BCUT2D eigenvalue weighted by atomic mass is 9.81. The molecule has 1 aliphatic heterocycles. The highest BCUT2D eigenvalue weighted by Crippen LogP contribution is 2.30. The molecule has 0 spiro atoms. The quantitative estimate of drug-likeness (QED) is 0.674. The number of aromatic amines is 1. The van der Waals surface area contributed by atoms with Crippen molar-refractivity contribution in [3.63, 3.8) is 0 Å². The van der Waals surface area contributed by atoms with Crippen LogP contribution in [-0.2, 0) is 16.0 Å². The van der Waals surface area contributed by atoms with E-state index in [1.165, 1.54) is 5.56 Å². The van der Waals surface area contributed by atoms with Crippen LogP contribution < -0.4 is 0 Å². The number of amides is 1. The monoisotopic (exact) mass is 385 g/mol. The minimum atomic E-state index is -0.766. The van der Waals surface area contributed by atoms with Crippen LogP contribution >= 0.6 is 0 Å². The number of carboxylic acid groups (broad SMARTS) is 1. The highest BCUT2D eigenvalue weighted by atomic mass is 16.4. The minimum absolute atomic E-state index is 0.0761. The van der Waals surface area contributed by atoms with Crippen molar-refractivity contribution in [3.05, 3.63) is 29.6 Å². The highest BCUT2D eigenvalue weighted by Gasteiger charge is 2.33. The van der Waals surface area contributed by atoms with Crippen LogP contribution in [-0.4, -0.2) is 44.9 Å². The van der Waals surface area contributed by atoms with E-state index in [9.17, 15) is 14.7 Å². The number of carboxylic acids is 1. The fraction of sp³-hybridized carbons (Fsp3) is 0.591. The Bertz CT molecular complexity index is 830. The lowest BCUT2D eigenvalue weighted by Crippen LogP contribution is -2.45. The number of nitrogens with zero attached hydrogens (tertiary/aromatic N) is 2. The van der Waals surface area contributed by atoms with Crippen LogP contribution in [0, 0.1) is 18.8 Å². The number of hydrogen-bond acceptors (Lipinski definition) is 3. The summed E-state index contributed by atoms with van der Waals surface area (Å²) in [5, 5.41) is 9.31. The molecule has 28 heavy (non-hydrogen) atoms. The molecule has 2 N–H and O–H groups in total. The molecule has 1 aromatic carbocycles. The van der Waals surface area contributed by atoms with Crippen LogP contribution in [0.3, 0.4) is 0 Å². The standard InChI is InChI=1S/C22H31N3O3/c1-3-4-5-6-21(26)25-10-9-16(13-22(27)28)17(14-25)12-20-23-18-8-7-15(2)11-19(18)24-20/h7-8,11,16-17H,3-6,9-10,12-14H2,1-2H3,(H,23,24)(H,27,28)/t16-,17-/m0/s1. The fourth-order valence-electron chi connectivity index (χ4n) is 4.24. The first kappa shape index (κ1) is 20.4. The number of benzene rings is 1. The Morgan fingerprint density at radius 3 is 2.86 bits per heavy atom. The van der Waals surface area contributed by atoms with Gasteiger partial charge in [0.05, 0.1) is 11.0 Å². The molecule has 1 aromatic heterocycles. The van der Waals surface area contributed by atoms with E-state index in [1.54, 1.807) is 0 Å². The number of rotatable bonds is 8. The summed E-state index contributed by atoms with van der Waals surface area (Å²) in [7, 11) is 0. The van der Waals surface area contributed by atoms with Crippen molar-refractivity contribution in [3.8, 4) is 0 Å². The molecule has 152 valence electrons. The predicted molar refractivity (Wildman–Crippen MR) is 109 cm³/mol. The number of carbonyl (C=O) groups excluding carboxylic acids is 1. The van der Waals surface area contributed by atoms with Crippen molar-refractivity contribution in [1.29, 1.82) is 0 Å². The molecule has 1 fully saturated rings. The van der Waals surface area contributed by atoms with E-state index in [1.807, 2.05) is 24.0 Å². The van der Waals surface area contributed by atoms with E-state index in [-0.39, 0.29) is 24.2 Å². The molecule has 2 atom stereocenters. The van der Waals surface area contributed by atoms with E-state index < -0.39 is 5.97 Å². The van der Waals surface area contributed by atoms with Gasteiger partial charge >= 0.3 is 5.97 Å². The number of H-pyrrole nitrogens is 1. The number of carbonyl (C=O) groups is 2. The average Bonchev–Trinajstić information content (AvgIpc) is 3.04. The Kier molecular flexibility index (Phi) is 6.70. The summed E-state index contributed by atoms with van der Waals surface area (Å²) in [6, 6.07) is 6.12. The van der Waals surface area contributed by atoms with Crippen molar-refractivity contribution < 1.29 is 14.7 Å². The van der Waals surface area contributed by atoms with Gasteiger partial charge in [0.15, 0.2) is 0 Å². The van der Waals surface area contributed by atoms with Crippen molar-refractivity contribution in [2.24, 2.45) is 11.8 Å². The molecule has 0 saturated carbocycles. The van der Waals surface area contributed by atoms with Crippen molar-refractivity contribution in [1.82, 2.24) is 14.9 Å².